The molecule has 0 aliphatic carbocycles. The van der Waals surface area contributed by atoms with E-state index < -0.39 is 17.3 Å². The molecule has 18 heavy (non-hydrogen) atoms. The normalized spacial score (nSPS) is 11.2. The molecule has 0 spiro atoms. The SMILES string of the molecule is CCCCCC/C=C/C(=O)n1[nH]c(=O)n(C)c1=O. The predicted molar refractivity (Wildman–Crippen MR) is 68.8 cm³/mol. The van der Waals surface area contributed by atoms with Crippen LogP contribution in [0.15, 0.2) is 21.7 Å². The van der Waals surface area contributed by atoms with Crippen LogP contribution < -0.4 is 11.4 Å². The summed E-state index contributed by atoms with van der Waals surface area (Å²) < 4.78 is 1.57. The maximum Gasteiger partial charge on any atom is 0.354 e. The largest absolute Gasteiger partial charge is 0.354 e. The van der Waals surface area contributed by atoms with Crippen LogP contribution in [0, 0.1) is 0 Å². The third-order valence-electron chi connectivity index (χ3n) is 2.70. The molecular formula is C12H19N3O3. The van der Waals surface area contributed by atoms with Crippen molar-refractivity contribution in [3.63, 3.8) is 0 Å². The monoisotopic (exact) mass is 253 g/mol. The lowest BCUT2D eigenvalue weighted by Crippen LogP contribution is -2.28. The summed E-state index contributed by atoms with van der Waals surface area (Å²) in [5, 5.41) is 2.18. The minimum atomic E-state index is -0.652. The minimum absolute atomic E-state index is 0.520. The van der Waals surface area contributed by atoms with Crippen molar-refractivity contribution < 1.29 is 4.79 Å². The maximum atomic E-state index is 11.6. The highest BCUT2D eigenvalue weighted by Gasteiger charge is 2.09. The van der Waals surface area contributed by atoms with Crippen molar-refractivity contribution in [3.05, 3.63) is 33.1 Å². The maximum absolute atomic E-state index is 11.6. The summed E-state index contributed by atoms with van der Waals surface area (Å²) in [6.45, 7) is 2.14. The molecule has 6 nitrogen and oxygen atoms in total. The van der Waals surface area contributed by atoms with Crippen molar-refractivity contribution in [3.8, 4) is 0 Å². The number of carbonyl (C=O) groups is 1. The van der Waals surface area contributed by atoms with Crippen molar-refractivity contribution in [2.75, 3.05) is 0 Å². The molecule has 0 fully saturated rings. The van der Waals surface area contributed by atoms with Gasteiger partial charge in [0.1, 0.15) is 0 Å². The third kappa shape index (κ3) is 3.58. The van der Waals surface area contributed by atoms with Gasteiger partial charge in [-0.3, -0.25) is 4.79 Å². The van der Waals surface area contributed by atoms with Gasteiger partial charge in [-0.1, -0.05) is 32.3 Å². The number of aromatic amines is 1. The summed E-state index contributed by atoms with van der Waals surface area (Å²) in [5.41, 5.74) is -1.25. The second-order valence-corrected chi connectivity index (χ2v) is 4.18. The Morgan fingerprint density at radius 2 is 2.00 bits per heavy atom. The molecule has 0 saturated heterocycles. The molecule has 100 valence electrons. The zero-order valence-electron chi connectivity index (χ0n) is 10.8. The topological polar surface area (TPSA) is 76.9 Å². The first-order valence-corrected chi connectivity index (χ1v) is 6.16. The number of hydrogen-bond donors (Lipinski definition) is 1. The molecule has 0 radical (unpaired) electrons. The van der Waals surface area contributed by atoms with Gasteiger partial charge in [-0.25, -0.2) is 19.3 Å². The Hall–Kier alpha value is -1.85. The Morgan fingerprint density at radius 1 is 1.28 bits per heavy atom. The van der Waals surface area contributed by atoms with Crippen LogP contribution in [0.1, 0.15) is 43.8 Å². The van der Waals surface area contributed by atoms with Gasteiger partial charge in [0, 0.05) is 13.1 Å². The van der Waals surface area contributed by atoms with Crippen LogP contribution in [0.5, 0.6) is 0 Å². The number of unbranched alkanes of at least 4 members (excludes halogenated alkanes) is 4. The molecule has 0 saturated carbocycles. The van der Waals surface area contributed by atoms with Gasteiger partial charge < -0.3 is 0 Å². The lowest BCUT2D eigenvalue weighted by molar-refractivity contribution is 0.0948. The van der Waals surface area contributed by atoms with Crippen LogP contribution >= 0.6 is 0 Å². The van der Waals surface area contributed by atoms with E-state index >= 15 is 0 Å². The minimum Gasteiger partial charge on any atom is -0.267 e. The van der Waals surface area contributed by atoms with Crippen LogP contribution in [0.25, 0.3) is 0 Å². The molecule has 0 unspecified atom stereocenters. The first-order valence-electron chi connectivity index (χ1n) is 6.16. The third-order valence-corrected chi connectivity index (χ3v) is 2.70. The summed E-state index contributed by atoms with van der Waals surface area (Å²) in [4.78, 5) is 34.2. The zero-order valence-corrected chi connectivity index (χ0v) is 10.8. The lowest BCUT2D eigenvalue weighted by atomic mass is 10.1. The summed E-state index contributed by atoms with van der Waals surface area (Å²) in [7, 11) is 1.32. The van der Waals surface area contributed by atoms with Gasteiger partial charge >= 0.3 is 11.4 Å². The fourth-order valence-corrected chi connectivity index (χ4v) is 1.55. The second kappa shape index (κ2) is 6.78. The fraction of sp³-hybridized carbons (Fsp3) is 0.583. The molecule has 0 aliphatic heterocycles. The van der Waals surface area contributed by atoms with E-state index in [2.05, 4.69) is 12.0 Å². The van der Waals surface area contributed by atoms with E-state index in [1.807, 2.05) is 0 Å². The Bertz CT molecular complexity index is 533. The number of H-pyrrole nitrogens is 1. The summed E-state index contributed by atoms with van der Waals surface area (Å²) >= 11 is 0. The van der Waals surface area contributed by atoms with E-state index in [9.17, 15) is 14.4 Å². The number of hydrogen-bond acceptors (Lipinski definition) is 3. The first-order chi connectivity index (χ1) is 8.57. The summed E-state index contributed by atoms with van der Waals surface area (Å²) in [6.07, 6.45) is 8.38. The highest BCUT2D eigenvalue weighted by Crippen LogP contribution is 2.02. The molecule has 0 aliphatic rings. The van der Waals surface area contributed by atoms with Crippen LogP contribution in [-0.2, 0) is 7.05 Å². The molecular weight excluding hydrogens is 234 g/mol. The van der Waals surface area contributed by atoms with E-state index in [0.29, 0.717) is 4.68 Å². The highest BCUT2D eigenvalue weighted by atomic mass is 16.2. The second-order valence-electron chi connectivity index (χ2n) is 4.18. The van der Waals surface area contributed by atoms with Crippen LogP contribution in [0.4, 0.5) is 0 Å². The number of carbonyl (C=O) groups excluding carboxylic acids is 1. The molecule has 0 aromatic carbocycles. The molecule has 0 bridgehead atoms. The number of nitrogens with zero attached hydrogens (tertiary/aromatic N) is 2. The van der Waals surface area contributed by atoms with Crippen LogP contribution in [0.2, 0.25) is 0 Å². The molecule has 6 heteroatoms. The van der Waals surface area contributed by atoms with Gasteiger partial charge in [0.15, 0.2) is 0 Å². The molecule has 1 rings (SSSR count). The average Bonchev–Trinajstić information content (AvgIpc) is 2.61. The lowest BCUT2D eigenvalue weighted by Gasteiger charge is -1.94. The van der Waals surface area contributed by atoms with Gasteiger partial charge in [0.25, 0.3) is 5.91 Å². The number of nitrogens with one attached hydrogen (secondary N) is 1. The molecule has 0 atom stereocenters. The zero-order chi connectivity index (χ0) is 13.5. The van der Waals surface area contributed by atoms with Crippen molar-refractivity contribution in [2.24, 2.45) is 7.05 Å². The Labute approximate surface area is 105 Å². The molecule has 1 aromatic heterocycles. The molecule has 0 amide bonds. The van der Waals surface area contributed by atoms with Crippen LogP contribution in [-0.4, -0.2) is 20.3 Å². The van der Waals surface area contributed by atoms with E-state index in [4.69, 9.17) is 0 Å². The van der Waals surface area contributed by atoms with Crippen molar-refractivity contribution in [2.45, 2.75) is 39.0 Å². The molecule has 1 heterocycles. The van der Waals surface area contributed by atoms with Gasteiger partial charge in [-0.05, 0) is 12.8 Å². The van der Waals surface area contributed by atoms with Gasteiger partial charge in [0.2, 0.25) is 0 Å². The fourth-order valence-electron chi connectivity index (χ4n) is 1.55. The summed E-state index contributed by atoms with van der Waals surface area (Å²) in [6, 6.07) is 0. The smallest absolute Gasteiger partial charge is 0.267 e. The van der Waals surface area contributed by atoms with Crippen molar-refractivity contribution >= 4 is 5.91 Å². The van der Waals surface area contributed by atoms with Crippen molar-refractivity contribution in [1.29, 1.82) is 0 Å². The predicted octanol–water partition coefficient (Wildman–Crippen LogP) is 1.04. The van der Waals surface area contributed by atoms with E-state index in [0.717, 1.165) is 23.8 Å². The number of aromatic nitrogens is 3. The van der Waals surface area contributed by atoms with Crippen LogP contribution in [0.3, 0.4) is 0 Å². The number of allylic oxidation sites excluding steroid dienone is 2. The molecule has 1 N–H and O–H groups in total. The standard InChI is InChI=1S/C12H19N3O3/c1-3-4-5-6-7-8-9-10(16)15-12(18)14(2)11(17)13-15/h8-9H,3-7H2,1-2H3,(H,13,17)/b9-8+. The van der Waals surface area contributed by atoms with E-state index in [1.54, 1.807) is 6.08 Å². The first kappa shape index (κ1) is 14.2. The number of rotatable bonds is 6. The Morgan fingerprint density at radius 3 is 2.56 bits per heavy atom. The average molecular weight is 253 g/mol. The Kier molecular flexibility index (Phi) is 5.35. The van der Waals surface area contributed by atoms with Crippen molar-refractivity contribution in [1.82, 2.24) is 14.3 Å². The van der Waals surface area contributed by atoms with E-state index in [-0.39, 0.29) is 0 Å². The molecule has 1 aromatic rings. The highest BCUT2D eigenvalue weighted by molar-refractivity contribution is 5.88. The summed E-state index contributed by atoms with van der Waals surface area (Å²) in [5.74, 6) is -0.520. The van der Waals surface area contributed by atoms with Gasteiger partial charge in [-0.2, -0.15) is 4.68 Å². The van der Waals surface area contributed by atoms with Gasteiger partial charge in [-0.15, -0.1) is 0 Å². The quantitative estimate of drug-likeness (QED) is 0.608. The van der Waals surface area contributed by atoms with E-state index in [1.165, 1.54) is 26.0 Å². The van der Waals surface area contributed by atoms with Gasteiger partial charge in [0.05, 0.1) is 0 Å². The Balaban J connectivity index is 2.55.